The molecule has 0 amide bonds. The Balaban J connectivity index is 1.58. The Morgan fingerprint density at radius 3 is 2.52 bits per heavy atom. The van der Waals surface area contributed by atoms with Gasteiger partial charge in [0, 0.05) is 28.7 Å². The molecule has 0 spiro atoms. The fraction of sp³-hybridized carbons (Fsp3) is 0.409. The zero-order chi connectivity index (χ0) is 22.4. The van der Waals surface area contributed by atoms with Gasteiger partial charge in [-0.05, 0) is 36.8 Å². The first-order valence-corrected chi connectivity index (χ1v) is 10.6. The summed E-state index contributed by atoms with van der Waals surface area (Å²) in [6, 6.07) is 12.4. The third-order valence-electron chi connectivity index (χ3n) is 4.84. The second kappa shape index (κ2) is 10.6. The van der Waals surface area contributed by atoms with E-state index in [1.165, 1.54) is 11.8 Å². The quantitative estimate of drug-likeness (QED) is 0.496. The summed E-state index contributed by atoms with van der Waals surface area (Å²) in [5, 5.41) is 1.05. The van der Waals surface area contributed by atoms with E-state index in [-0.39, 0.29) is 32.5 Å². The average molecular weight is 474 g/mol. The minimum atomic E-state index is -3.56. The van der Waals surface area contributed by atoms with Crippen LogP contribution in [0.2, 0.25) is 10.0 Å². The molecule has 31 heavy (non-hydrogen) atoms. The molecule has 168 valence electrons. The van der Waals surface area contributed by atoms with Crippen molar-refractivity contribution >= 4 is 29.2 Å². The third kappa shape index (κ3) is 6.29. The van der Waals surface area contributed by atoms with Crippen LogP contribution in [0, 0.1) is 0 Å². The van der Waals surface area contributed by atoms with Crippen molar-refractivity contribution in [3.63, 3.8) is 0 Å². The summed E-state index contributed by atoms with van der Waals surface area (Å²) in [5.74, 6) is -4.45. The predicted molar refractivity (Wildman–Crippen MR) is 114 cm³/mol. The number of carbonyl (C=O) groups excluding carboxylic acids is 1. The lowest BCUT2D eigenvalue weighted by atomic mass is 10.1. The van der Waals surface area contributed by atoms with Gasteiger partial charge in [-0.25, -0.2) is 4.79 Å². The van der Waals surface area contributed by atoms with Crippen LogP contribution < -0.4 is 4.74 Å². The molecule has 0 saturated carbocycles. The molecular weight excluding hydrogens is 451 g/mol. The number of halogens is 4. The molecule has 1 aliphatic rings. The van der Waals surface area contributed by atoms with Crippen LogP contribution in [-0.4, -0.2) is 49.6 Å². The predicted octanol–water partition coefficient (Wildman–Crippen LogP) is 5.14. The van der Waals surface area contributed by atoms with Gasteiger partial charge in [0.15, 0.2) is 0 Å². The third-order valence-corrected chi connectivity index (χ3v) is 5.55. The normalized spacial score (nSPS) is 17.4. The van der Waals surface area contributed by atoms with Crippen molar-refractivity contribution in [3.05, 3.63) is 63.6 Å². The highest BCUT2D eigenvalue weighted by atomic mass is 35.5. The van der Waals surface area contributed by atoms with Crippen LogP contribution in [0.3, 0.4) is 0 Å². The minimum absolute atomic E-state index is 0.0860. The summed E-state index contributed by atoms with van der Waals surface area (Å²) in [5.41, 5.74) is 1.52. The Kier molecular flexibility index (Phi) is 8.11. The lowest BCUT2D eigenvalue weighted by Gasteiger charge is -2.34. The van der Waals surface area contributed by atoms with E-state index in [1.807, 2.05) is 12.1 Å². The van der Waals surface area contributed by atoms with Gasteiger partial charge in [0.05, 0.1) is 25.9 Å². The molecule has 2 aromatic carbocycles. The number of alkyl halides is 2. The Hall–Kier alpha value is -1.93. The van der Waals surface area contributed by atoms with Gasteiger partial charge in [0.25, 0.3) is 0 Å². The van der Waals surface area contributed by atoms with E-state index in [2.05, 4.69) is 4.74 Å². The lowest BCUT2D eigenvalue weighted by Crippen LogP contribution is -2.48. The van der Waals surface area contributed by atoms with Gasteiger partial charge in [-0.15, -0.1) is 0 Å². The van der Waals surface area contributed by atoms with E-state index in [9.17, 15) is 13.6 Å². The van der Waals surface area contributed by atoms with Crippen molar-refractivity contribution < 1.29 is 27.8 Å². The van der Waals surface area contributed by atoms with E-state index in [0.717, 1.165) is 5.56 Å². The molecule has 5 nitrogen and oxygen atoms in total. The van der Waals surface area contributed by atoms with Gasteiger partial charge < -0.3 is 14.2 Å². The van der Waals surface area contributed by atoms with Gasteiger partial charge in [-0.3, -0.25) is 4.90 Å². The van der Waals surface area contributed by atoms with Crippen LogP contribution in [0.15, 0.2) is 42.5 Å². The van der Waals surface area contributed by atoms with Crippen LogP contribution in [0.1, 0.15) is 24.2 Å². The van der Waals surface area contributed by atoms with E-state index in [0.29, 0.717) is 27.9 Å². The van der Waals surface area contributed by atoms with Crippen LogP contribution in [-0.2, 0) is 20.9 Å². The van der Waals surface area contributed by atoms with Crippen LogP contribution in [0.25, 0.3) is 0 Å². The summed E-state index contributed by atoms with van der Waals surface area (Å²) in [6.45, 7) is 1.76. The number of rotatable bonds is 8. The number of morpholine rings is 1. The van der Waals surface area contributed by atoms with Gasteiger partial charge in [0.1, 0.15) is 12.4 Å². The molecule has 0 radical (unpaired) electrons. The maximum absolute atomic E-state index is 14.1. The molecule has 1 fully saturated rings. The first-order chi connectivity index (χ1) is 14.8. The van der Waals surface area contributed by atoms with Crippen LogP contribution >= 0.6 is 23.2 Å². The molecule has 1 heterocycles. The topological polar surface area (TPSA) is 48.0 Å². The van der Waals surface area contributed by atoms with E-state index in [4.69, 9.17) is 32.7 Å². The van der Waals surface area contributed by atoms with Gasteiger partial charge in [0.2, 0.25) is 0 Å². The average Bonchev–Trinajstić information content (AvgIpc) is 2.74. The van der Waals surface area contributed by atoms with Crippen molar-refractivity contribution in [3.8, 4) is 5.75 Å². The number of hydrogen-bond donors (Lipinski definition) is 0. The Morgan fingerprint density at radius 1 is 1.19 bits per heavy atom. The van der Waals surface area contributed by atoms with E-state index < -0.39 is 18.4 Å². The fourth-order valence-corrected chi connectivity index (χ4v) is 3.74. The molecule has 1 unspecified atom stereocenters. The number of nitrogens with zero attached hydrogens (tertiary/aromatic N) is 1. The first kappa shape index (κ1) is 23.7. The number of esters is 1. The Labute approximate surface area is 189 Å². The van der Waals surface area contributed by atoms with Crippen molar-refractivity contribution in [1.29, 1.82) is 0 Å². The summed E-state index contributed by atoms with van der Waals surface area (Å²) < 4.78 is 44.1. The summed E-state index contributed by atoms with van der Waals surface area (Å²) in [4.78, 5) is 13.0. The highest BCUT2D eigenvalue weighted by Crippen LogP contribution is 2.29. The number of benzene rings is 2. The fourth-order valence-electron chi connectivity index (χ4n) is 3.23. The molecule has 9 heteroatoms. The monoisotopic (exact) mass is 473 g/mol. The van der Waals surface area contributed by atoms with Crippen molar-refractivity contribution in [2.45, 2.75) is 25.6 Å². The minimum Gasteiger partial charge on any atom is -0.489 e. The summed E-state index contributed by atoms with van der Waals surface area (Å²) in [7, 11) is 0. The smallest absolute Gasteiger partial charge is 0.378 e. The maximum Gasteiger partial charge on any atom is 0.378 e. The van der Waals surface area contributed by atoms with Crippen molar-refractivity contribution in [2.24, 2.45) is 0 Å². The van der Waals surface area contributed by atoms with Gasteiger partial charge in [-0.1, -0.05) is 41.4 Å². The highest BCUT2D eigenvalue weighted by Gasteiger charge is 2.43. The van der Waals surface area contributed by atoms with Crippen molar-refractivity contribution in [1.82, 2.24) is 4.90 Å². The number of hydrogen-bond acceptors (Lipinski definition) is 5. The lowest BCUT2D eigenvalue weighted by molar-refractivity contribution is -0.176. The Morgan fingerprint density at radius 2 is 1.87 bits per heavy atom. The molecule has 1 atom stereocenters. The zero-order valence-electron chi connectivity index (χ0n) is 17.0. The summed E-state index contributed by atoms with van der Waals surface area (Å²) in [6.07, 6.45) is -0.390. The number of carbonyl (C=O) groups is 1. The molecule has 1 saturated heterocycles. The van der Waals surface area contributed by atoms with Crippen LogP contribution in [0.5, 0.6) is 5.75 Å². The summed E-state index contributed by atoms with van der Waals surface area (Å²) >= 11 is 12.3. The van der Waals surface area contributed by atoms with Crippen molar-refractivity contribution in [2.75, 3.05) is 32.8 Å². The van der Waals surface area contributed by atoms with E-state index in [1.54, 1.807) is 30.3 Å². The molecule has 2 aromatic rings. The molecule has 1 aliphatic heterocycles. The highest BCUT2D eigenvalue weighted by molar-refractivity contribution is 6.35. The second-order valence-electron chi connectivity index (χ2n) is 7.08. The molecule has 0 N–H and O–H groups in total. The SMILES string of the molecule is CCOC(=O)C(F)(F)CN1CCOC(c2ccc(OCc3c(Cl)cccc3Cl)cc2)C1. The van der Waals surface area contributed by atoms with E-state index >= 15 is 0 Å². The largest absolute Gasteiger partial charge is 0.489 e. The molecule has 0 bridgehead atoms. The second-order valence-corrected chi connectivity index (χ2v) is 7.89. The molecular formula is C22H23Cl2F2NO4. The molecule has 0 aliphatic carbocycles. The van der Waals surface area contributed by atoms with Crippen LogP contribution in [0.4, 0.5) is 8.78 Å². The van der Waals surface area contributed by atoms with Gasteiger partial charge >= 0.3 is 11.9 Å². The molecule has 0 aromatic heterocycles. The van der Waals surface area contributed by atoms with Gasteiger partial charge in [-0.2, -0.15) is 8.78 Å². The molecule has 3 rings (SSSR count). The zero-order valence-corrected chi connectivity index (χ0v) is 18.5. The first-order valence-electron chi connectivity index (χ1n) is 9.85. The Bertz CT molecular complexity index is 875. The standard InChI is InChI=1S/C22H23Cl2F2NO4/c1-2-29-21(28)22(25,26)14-27-10-11-30-20(12-27)15-6-8-16(9-7-15)31-13-17-18(23)4-3-5-19(17)24/h3-9,20H,2,10-14H2,1H3. The maximum atomic E-state index is 14.1. The number of ether oxygens (including phenoxy) is 3.